The summed E-state index contributed by atoms with van der Waals surface area (Å²) in [4.78, 5) is 33.9. The Morgan fingerprint density at radius 3 is 2.33 bits per heavy atom. The molecule has 0 atom stereocenters. The first-order valence-corrected chi connectivity index (χ1v) is 11.5. The molecule has 0 saturated carbocycles. The van der Waals surface area contributed by atoms with Crippen LogP contribution in [0.4, 0.5) is 4.79 Å². The summed E-state index contributed by atoms with van der Waals surface area (Å²) in [5, 5.41) is 7.12. The number of aromatic nitrogens is 2. The second-order valence-corrected chi connectivity index (χ2v) is 10.6. The molecule has 0 spiro atoms. The minimum Gasteiger partial charge on any atom is -0.410 e. The lowest BCUT2D eigenvalue weighted by Crippen LogP contribution is -2.45. The molecule has 2 heterocycles. The summed E-state index contributed by atoms with van der Waals surface area (Å²) in [6, 6.07) is 8.50. The SMILES string of the molecule is CC(C)(C)CC(C)(C)NC(=O)c1ccc(OC(=O)N2CCC(COn3cccn3)CC2)cc1. The fourth-order valence-electron chi connectivity index (χ4n) is 4.38. The van der Waals surface area contributed by atoms with Crippen molar-refractivity contribution in [3.8, 4) is 5.75 Å². The van der Waals surface area contributed by atoms with Gasteiger partial charge < -0.3 is 19.8 Å². The largest absolute Gasteiger partial charge is 0.415 e. The van der Waals surface area contributed by atoms with Gasteiger partial charge in [-0.1, -0.05) is 20.8 Å². The third-order valence-corrected chi connectivity index (χ3v) is 5.54. The number of benzene rings is 1. The van der Waals surface area contributed by atoms with Gasteiger partial charge in [0.25, 0.3) is 5.91 Å². The third-order valence-electron chi connectivity index (χ3n) is 5.54. The number of rotatable bonds is 7. The van der Waals surface area contributed by atoms with Crippen LogP contribution >= 0.6 is 0 Å². The van der Waals surface area contributed by atoms with E-state index < -0.39 is 0 Å². The van der Waals surface area contributed by atoms with E-state index in [4.69, 9.17) is 9.57 Å². The van der Waals surface area contributed by atoms with Crippen molar-refractivity contribution in [2.75, 3.05) is 19.7 Å². The molecule has 1 aromatic heterocycles. The van der Waals surface area contributed by atoms with Crippen LogP contribution in [0.15, 0.2) is 42.7 Å². The number of ether oxygens (including phenoxy) is 1. The normalized spacial score (nSPS) is 15.2. The highest BCUT2D eigenvalue weighted by molar-refractivity contribution is 5.94. The van der Waals surface area contributed by atoms with Crippen molar-refractivity contribution in [1.82, 2.24) is 20.2 Å². The second-order valence-electron chi connectivity index (χ2n) is 10.6. The summed E-state index contributed by atoms with van der Waals surface area (Å²) < 4.78 is 5.52. The minimum absolute atomic E-state index is 0.107. The van der Waals surface area contributed by atoms with Crippen LogP contribution in [-0.2, 0) is 0 Å². The Balaban J connectivity index is 1.45. The first-order chi connectivity index (χ1) is 15.5. The molecule has 0 bridgehead atoms. The van der Waals surface area contributed by atoms with E-state index in [-0.39, 0.29) is 23.0 Å². The van der Waals surface area contributed by atoms with E-state index in [1.807, 2.05) is 19.9 Å². The highest BCUT2D eigenvalue weighted by Crippen LogP contribution is 2.27. The zero-order valence-corrected chi connectivity index (χ0v) is 20.3. The molecule has 0 aliphatic carbocycles. The van der Waals surface area contributed by atoms with Crippen molar-refractivity contribution in [1.29, 1.82) is 0 Å². The lowest BCUT2D eigenvalue weighted by atomic mass is 9.81. The Bertz CT molecular complexity index is 909. The van der Waals surface area contributed by atoms with Gasteiger partial charge in [-0.3, -0.25) is 4.79 Å². The Labute approximate surface area is 196 Å². The predicted octanol–water partition coefficient (Wildman–Crippen LogP) is 4.17. The number of nitrogens with zero attached hydrogens (tertiary/aromatic N) is 3. The van der Waals surface area contributed by atoms with Crippen molar-refractivity contribution in [2.24, 2.45) is 11.3 Å². The first kappa shape index (κ1) is 24.6. The maximum absolute atomic E-state index is 12.6. The van der Waals surface area contributed by atoms with E-state index in [1.165, 1.54) is 4.85 Å². The van der Waals surface area contributed by atoms with Crippen LogP contribution in [-0.4, -0.2) is 52.1 Å². The number of likely N-dealkylation sites (tertiary alicyclic amines) is 1. The number of piperidine rings is 1. The summed E-state index contributed by atoms with van der Waals surface area (Å²) >= 11 is 0. The van der Waals surface area contributed by atoms with Gasteiger partial charge in [-0.25, -0.2) is 4.79 Å². The van der Waals surface area contributed by atoms with Gasteiger partial charge in [0.1, 0.15) is 12.4 Å². The molecule has 1 saturated heterocycles. The summed E-state index contributed by atoms with van der Waals surface area (Å²) in [7, 11) is 0. The molecule has 33 heavy (non-hydrogen) atoms. The van der Waals surface area contributed by atoms with Gasteiger partial charge in [0.05, 0.1) is 12.4 Å². The number of hydrogen-bond acceptors (Lipinski definition) is 5. The maximum Gasteiger partial charge on any atom is 0.415 e. The molecule has 1 aliphatic heterocycles. The van der Waals surface area contributed by atoms with E-state index in [0.717, 1.165) is 19.3 Å². The summed E-state index contributed by atoms with van der Waals surface area (Å²) in [5.74, 6) is 0.662. The molecule has 8 nitrogen and oxygen atoms in total. The molecule has 0 unspecified atom stereocenters. The van der Waals surface area contributed by atoms with Crippen LogP contribution in [0.25, 0.3) is 0 Å². The van der Waals surface area contributed by atoms with E-state index in [9.17, 15) is 9.59 Å². The fraction of sp³-hybridized carbons (Fsp3) is 0.560. The molecular formula is C25H36N4O4. The quantitative estimate of drug-likeness (QED) is 0.676. The Morgan fingerprint density at radius 1 is 1.09 bits per heavy atom. The summed E-state index contributed by atoms with van der Waals surface area (Å²) in [5.41, 5.74) is 0.321. The molecule has 1 aliphatic rings. The molecule has 8 heteroatoms. The minimum atomic E-state index is -0.370. The van der Waals surface area contributed by atoms with Crippen molar-refractivity contribution in [3.63, 3.8) is 0 Å². The van der Waals surface area contributed by atoms with Crippen LogP contribution in [0.1, 0.15) is 64.2 Å². The van der Waals surface area contributed by atoms with Crippen LogP contribution in [0.2, 0.25) is 0 Å². The van der Waals surface area contributed by atoms with Gasteiger partial charge >= 0.3 is 6.09 Å². The monoisotopic (exact) mass is 456 g/mol. The Hall–Kier alpha value is -3.03. The Morgan fingerprint density at radius 2 is 1.76 bits per heavy atom. The van der Waals surface area contributed by atoms with Crippen molar-refractivity contribution >= 4 is 12.0 Å². The number of carbonyl (C=O) groups is 2. The zero-order valence-electron chi connectivity index (χ0n) is 20.3. The molecule has 1 fully saturated rings. The van der Waals surface area contributed by atoms with Crippen LogP contribution in [0, 0.1) is 11.3 Å². The summed E-state index contributed by atoms with van der Waals surface area (Å²) in [6.07, 6.45) is 5.61. The van der Waals surface area contributed by atoms with E-state index in [2.05, 4.69) is 31.2 Å². The number of carbonyl (C=O) groups excluding carboxylic acids is 2. The first-order valence-electron chi connectivity index (χ1n) is 11.5. The highest BCUT2D eigenvalue weighted by atomic mass is 16.7. The van der Waals surface area contributed by atoms with Crippen molar-refractivity contribution in [2.45, 2.75) is 59.4 Å². The second kappa shape index (κ2) is 10.3. The molecule has 2 amide bonds. The molecule has 1 N–H and O–H groups in total. The van der Waals surface area contributed by atoms with Gasteiger partial charge in [0.2, 0.25) is 0 Å². The molecule has 180 valence electrons. The van der Waals surface area contributed by atoms with Crippen LogP contribution < -0.4 is 14.9 Å². The predicted molar refractivity (Wildman–Crippen MR) is 126 cm³/mol. The van der Waals surface area contributed by atoms with Gasteiger partial charge in [-0.2, -0.15) is 0 Å². The number of nitrogens with one attached hydrogen (secondary N) is 1. The molecule has 3 rings (SSSR count). The van der Waals surface area contributed by atoms with Gasteiger partial charge in [0, 0.05) is 24.2 Å². The smallest absolute Gasteiger partial charge is 0.410 e. The van der Waals surface area contributed by atoms with Crippen LogP contribution in [0.3, 0.4) is 0 Å². The number of amides is 2. The molecule has 2 aromatic rings. The average molecular weight is 457 g/mol. The van der Waals surface area contributed by atoms with E-state index in [1.54, 1.807) is 41.6 Å². The lowest BCUT2D eigenvalue weighted by molar-refractivity contribution is 0.0366. The van der Waals surface area contributed by atoms with E-state index in [0.29, 0.717) is 36.9 Å². The van der Waals surface area contributed by atoms with Gasteiger partial charge in [0.15, 0.2) is 0 Å². The third kappa shape index (κ3) is 7.80. The Kier molecular flexibility index (Phi) is 7.66. The maximum atomic E-state index is 12.6. The molecule has 0 radical (unpaired) electrons. The van der Waals surface area contributed by atoms with Gasteiger partial charge in [-0.05, 0) is 74.8 Å². The zero-order chi connectivity index (χ0) is 24.1. The standard InChI is InChI=1S/C25H36N4O4/c1-24(2,3)18-25(4,5)27-22(30)20-7-9-21(10-8-20)33-23(31)28-15-11-19(12-16-28)17-32-29-14-6-13-26-29/h6-10,13-14,19H,11-12,15-18H2,1-5H3,(H,27,30). The summed E-state index contributed by atoms with van der Waals surface area (Å²) in [6.45, 7) is 12.3. The van der Waals surface area contributed by atoms with Crippen LogP contribution in [0.5, 0.6) is 5.75 Å². The van der Waals surface area contributed by atoms with E-state index >= 15 is 0 Å². The topological polar surface area (TPSA) is 85.7 Å². The molecule has 1 aromatic carbocycles. The fourth-order valence-corrected chi connectivity index (χ4v) is 4.38. The van der Waals surface area contributed by atoms with Crippen molar-refractivity contribution < 1.29 is 19.2 Å². The van der Waals surface area contributed by atoms with Gasteiger partial charge in [-0.15, -0.1) is 9.94 Å². The highest BCUT2D eigenvalue weighted by Gasteiger charge is 2.28. The lowest BCUT2D eigenvalue weighted by Gasteiger charge is -2.33. The van der Waals surface area contributed by atoms with Crippen molar-refractivity contribution in [3.05, 3.63) is 48.3 Å². The average Bonchev–Trinajstić information content (AvgIpc) is 3.24. The number of hydrogen-bond donors (Lipinski definition) is 1. The molecular weight excluding hydrogens is 420 g/mol.